The van der Waals surface area contributed by atoms with Gasteiger partial charge in [-0.3, -0.25) is 0 Å². The number of hydrogen-bond acceptors (Lipinski definition) is 7. The fourth-order valence-corrected chi connectivity index (χ4v) is 7.33. The van der Waals surface area contributed by atoms with E-state index in [2.05, 4.69) is 59.2 Å². The van der Waals surface area contributed by atoms with E-state index in [1.54, 1.807) is 6.20 Å². The Morgan fingerprint density at radius 1 is 1.13 bits per heavy atom. The topological polar surface area (TPSA) is 106 Å². The molecule has 0 aliphatic carbocycles. The van der Waals surface area contributed by atoms with Crippen LogP contribution in [0.1, 0.15) is 55.9 Å². The van der Waals surface area contributed by atoms with Crippen molar-refractivity contribution in [3.05, 3.63) is 75.4 Å². The Kier molecular flexibility index (Phi) is 8.39. The summed E-state index contributed by atoms with van der Waals surface area (Å²) in [6.07, 6.45) is 4.42. The summed E-state index contributed by atoms with van der Waals surface area (Å²) >= 11 is 2.60. The van der Waals surface area contributed by atoms with Crippen molar-refractivity contribution >= 4 is 38.7 Å². The third-order valence-corrected chi connectivity index (χ3v) is 9.46. The summed E-state index contributed by atoms with van der Waals surface area (Å²) < 4.78 is 30.9. The molecule has 3 aromatic heterocycles. The molecule has 2 amide bonds. The molecule has 0 atom stereocenters. The first kappa shape index (κ1) is 28.0. The van der Waals surface area contributed by atoms with E-state index in [0.29, 0.717) is 35.1 Å². The number of nitrogens with one attached hydrogen (secondary N) is 2. The van der Waals surface area contributed by atoms with Crippen LogP contribution in [0.5, 0.6) is 0 Å². The van der Waals surface area contributed by atoms with Crippen LogP contribution < -0.4 is 10.0 Å². The molecule has 4 aromatic rings. The van der Waals surface area contributed by atoms with Crippen molar-refractivity contribution in [2.24, 2.45) is 5.92 Å². The smallest absolute Gasteiger partial charge is 0.329 e. The second-order valence-corrected chi connectivity index (χ2v) is 14.5. The monoisotopic (exact) mass is 571 g/mol. The van der Waals surface area contributed by atoms with E-state index in [-0.39, 0.29) is 16.2 Å². The molecule has 0 radical (unpaired) electrons. The average Bonchev–Trinajstić information content (AvgIpc) is 3.58. The lowest BCUT2D eigenvalue weighted by Gasteiger charge is -2.20. The molecule has 0 fully saturated rings. The van der Waals surface area contributed by atoms with E-state index in [1.807, 2.05) is 48.0 Å². The largest absolute Gasteiger partial charge is 0.332 e. The summed E-state index contributed by atoms with van der Waals surface area (Å²) in [5.41, 5.74) is 2.02. The number of nitrogens with zero attached hydrogens (tertiary/aromatic N) is 3. The van der Waals surface area contributed by atoms with Gasteiger partial charge in [0.25, 0.3) is 10.0 Å². The predicted octanol–water partition coefficient (Wildman–Crippen LogP) is 5.80. The van der Waals surface area contributed by atoms with Crippen LogP contribution in [0.3, 0.4) is 0 Å². The standard InChI is InChI=1S/C27H33N5O3S3/c1-18(2)15-22-30-23(24(37-22)38(34,35)31-26(33)29-16-21-7-6-14-36-21)20-10-8-19(9-11-20)17-32-13-12-28-25(32)27(3,4)5/h6-14,18H,15-17H2,1-5H3,(H2,29,31,33). The number of aromatic nitrogens is 3. The van der Waals surface area contributed by atoms with Crippen LogP contribution in [0.2, 0.25) is 0 Å². The Labute approximate surface area is 232 Å². The highest BCUT2D eigenvalue weighted by atomic mass is 32.2. The van der Waals surface area contributed by atoms with Gasteiger partial charge in [0, 0.05) is 41.2 Å². The Hall–Kier alpha value is -3.02. The Balaban J connectivity index is 1.57. The van der Waals surface area contributed by atoms with Crippen LogP contribution in [0.15, 0.2) is 58.4 Å². The zero-order valence-electron chi connectivity index (χ0n) is 22.2. The van der Waals surface area contributed by atoms with Crippen molar-refractivity contribution in [3.63, 3.8) is 0 Å². The lowest BCUT2D eigenvalue weighted by molar-refractivity contribution is 0.245. The molecule has 0 unspecified atom stereocenters. The van der Waals surface area contributed by atoms with Gasteiger partial charge in [-0.25, -0.2) is 27.9 Å². The fourth-order valence-electron chi connectivity index (χ4n) is 3.98. The van der Waals surface area contributed by atoms with E-state index in [1.165, 1.54) is 11.3 Å². The highest BCUT2D eigenvalue weighted by Gasteiger charge is 2.27. The third-order valence-electron chi connectivity index (χ3n) is 5.66. The van der Waals surface area contributed by atoms with Gasteiger partial charge in [-0.2, -0.15) is 0 Å². The SMILES string of the molecule is CC(C)Cc1nc(-c2ccc(Cn3ccnc3C(C)(C)C)cc2)c(S(=O)(=O)NC(=O)NCc2cccs2)s1. The highest BCUT2D eigenvalue weighted by Crippen LogP contribution is 2.33. The van der Waals surface area contributed by atoms with Gasteiger partial charge in [0.1, 0.15) is 11.5 Å². The molecule has 3 heterocycles. The first-order valence-corrected chi connectivity index (χ1v) is 15.5. The van der Waals surface area contributed by atoms with Crippen molar-refractivity contribution in [2.45, 2.75) is 63.8 Å². The minimum Gasteiger partial charge on any atom is -0.332 e. The number of carbonyl (C=O) groups is 1. The van der Waals surface area contributed by atoms with Crippen LogP contribution in [-0.4, -0.2) is 29.0 Å². The maximum atomic E-state index is 13.3. The molecule has 0 bridgehead atoms. The van der Waals surface area contributed by atoms with Crippen LogP contribution >= 0.6 is 22.7 Å². The quantitative estimate of drug-likeness (QED) is 0.264. The van der Waals surface area contributed by atoms with Crippen molar-refractivity contribution in [3.8, 4) is 11.3 Å². The molecule has 0 aliphatic heterocycles. The number of thiazole rings is 1. The lowest BCUT2D eigenvalue weighted by atomic mass is 9.95. The van der Waals surface area contributed by atoms with Gasteiger partial charge in [-0.15, -0.1) is 22.7 Å². The van der Waals surface area contributed by atoms with Crippen molar-refractivity contribution in [1.29, 1.82) is 0 Å². The number of thiophene rings is 1. The molecule has 2 N–H and O–H groups in total. The molecule has 1 aromatic carbocycles. The molecule has 4 rings (SSSR count). The highest BCUT2D eigenvalue weighted by molar-refractivity contribution is 7.92. The minimum atomic E-state index is -4.13. The van der Waals surface area contributed by atoms with E-state index in [9.17, 15) is 13.2 Å². The zero-order chi connectivity index (χ0) is 27.5. The van der Waals surface area contributed by atoms with E-state index in [4.69, 9.17) is 0 Å². The Morgan fingerprint density at radius 2 is 1.87 bits per heavy atom. The summed E-state index contributed by atoms with van der Waals surface area (Å²) in [6, 6.07) is 10.7. The number of rotatable bonds is 9. The first-order chi connectivity index (χ1) is 17.9. The first-order valence-electron chi connectivity index (χ1n) is 12.4. The number of urea groups is 1. The predicted molar refractivity (Wildman–Crippen MR) is 153 cm³/mol. The van der Waals surface area contributed by atoms with E-state index < -0.39 is 16.1 Å². The second kappa shape index (κ2) is 11.4. The molecule has 38 heavy (non-hydrogen) atoms. The van der Waals surface area contributed by atoms with Crippen molar-refractivity contribution in [1.82, 2.24) is 24.6 Å². The summed E-state index contributed by atoms with van der Waals surface area (Å²) in [6.45, 7) is 11.4. The summed E-state index contributed by atoms with van der Waals surface area (Å²) in [5, 5.41) is 5.22. The molecule has 8 nitrogen and oxygen atoms in total. The second-order valence-electron chi connectivity index (χ2n) is 10.5. The van der Waals surface area contributed by atoms with E-state index >= 15 is 0 Å². The number of hydrogen-bond donors (Lipinski definition) is 2. The molecule has 0 aliphatic rings. The number of imidazole rings is 1. The van der Waals surface area contributed by atoms with E-state index in [0.717, 1.165) is 27.6 Å². The summed E-state index contributed by atoms with van der Waals surface area (Å²) in [5.74, 6) is 1.30. The van der Waals surface area contributed by atoms with Gasteiger partial charge in [0.2, 0.25) is 0 Å². The van der Waals surface area contributed by atoms with Crippen LogP contribution in [0.4, 0.5) is 4.79 Å². The van der Waals surface area contributed by atoms with Gasteiger partial charge in [-0.1, -0.05) is 65.0 Å². The maximum absolute atomic E-state index is 13.3. The van der Waals surface area contributed by atoms with Gasteiger partial charge in [0.05, 0.1) is 11.6 Å². The molecule has 0 saturated heterocycles. The third kappa shape index (κ3) is 6.89. The van der Waals surface area contributed by atoms with Gasteiger partial charge in [-0.05, 0) is 22.9 Å². The van der Waals surface area contributed by atoms with Gasteiger partial charge < -0.3 is 9.88 Å². The normalized spacial score (nSPS) is 12.2. The molecule has 11 heteroatoms. The van der Waals surface area contributed by atoms with Gasteiger partial charge in [0.15, 0.2) is 4.21 Å². The average molecular weight is 572 g/mol. The van der Waals surface area contributed by atoms with Crippen LogP contribution in [-0.2, 0) is 34.9 Å². The number of carbonyl (C=O) groups excluding carboxylic acids is 1. The Morgan fingerprint density at radius 3 is 2.50 bits per heavy atom. The Bertz CT molecular complexity index is 1480. The number of amides is 2. The van der Waals surface area contributed by atoms with Gasteiger partial charge >= 0.3 is 6.03 Å². The minimum absolute atomic E-state index is 0.0387. The summed E-state index contributed by atoms with van der Waals surface area (Å²) in [7, 11) is -4.13. The number of benzene rings is 1. The molecular formula is C27H33N5O3S3. The molecule has 0 saturated carbocycles. The molecular weight excluding hydrogens is 539 g/mol. The van der Waals surface area contributed by atoms with Crippen LogP contribution in [0.25, 0.3) is 11.3 Å². The molecule has 0 spiro atoms. The molecule has 202 valence electrons. The number of sulfonamides is 1. The summed E-state index contributed by atoms with van der Waals surface area (Å²) in [4.78, 5) is 22.6. The maximum Gasteiger partial charge on any atom is 0.329 e. The van der Waals surface area contributed by atoms with Crippen molar-refractivity contribution < 1.29 is 13.2 Å². The fraction of sp³-hybridized carbons (Fsp3) is 0.370. The van der Waals surface area contributed by atoms with Crippen LogP contribution in [0, 0.1) is 5.92 Å². The lowest BCUT2D eigenvalue weighted by Crippen LogP contribution is -2.38. The van der Waals surface area contributed by atoms with Crippen molar-refractivity contribution in [2.75, 3.05) is 0 Å². The zero-order valence-corrected chi connectivity index (χ0v) is 24.6.